The van der Waals surface area contributed by atoms with Crippen LogP contribution in [0.4, 0.5) is 0 Å². The van der Waals surface area contributed by atoms with Gasteiger partial charge >= 0.3 is 0 Å². The minimum Gasteiger partial charge on any atom is -0.392 e. The van der Waals surface area contributed by atoms with E-state index in [0.717, 1.165) is 23.5 Å². The van der Waals surface area contributed by atoms with Gasteiger partial charge < -0.3 is 9.67 Å². The molecule has 1 heterocycles. The standard InChI is InChI=1S/C14H23NO2S/c1-6-15-9(2)7-13(10(15)3)14(17)8-18-12(5)11(4)16/h7,11-12,16H,6,8H2,1-5H3. The zero-order valence-corrected chi connectivity index (χ0v) is 12.7. The van der Waals surface area contributed by atoms with Gasteiger partial charge in [0, 0.05) is 28.7 Å². The molecule has 0 spiro atoms. The van der Waals surface area contributed by atoms with Crippen LogP contribution in [0.5, 0.6) is 0 Å². The largest absolute Gasteiger partial charge is 0.392 e. The van der Waals surface area contributed by atoms with Crippen molar-refractivity contribution in [3.63, 3.8) is 0 Å². The van der Waals surface area contributed by atoms with Crippen molar-refractivity contribution in [3.8, 4) is 0 Å². The van der Waals surface area contributed by atoms with Crippen molar-refractivity contribution in [2.75, 3.05) is 5.75 Å². The summed E-state index contributed by atoms with van der Waals surface area (Å²) in [4.78, 5) is 12.2. The molecule has 2 atom stereocenters. The number of aliphatic hydroxyl groups is 1. The number of carbonyl (C=O) groups excluding carboxylic acids is 1. The summed E-state index contributed by atoms with van der Waals surface area (Å²) in [5, 5.41) is 9.50. The minimum atomic E-state index is -0.383. The highest BCUT2D eigenvalue weighted by Crippen LogP contribution is 2.20. The van der Waals surface area contributed by atoms with E-state index in [9.17, 15) is 9.90 Å². The lowest BCUT2D eigenvalue weighted by Gasteiger charge is -2.13. The number of aliphatic hydroxyl groups excluding tert-OH is 1. The third-order valence-electron chi connectivity index (χ3n) is 3.35. The second kappa shape index (κ2) is 6.43. The first-order valence-electron chi connectivity index (χ1n) is 6.38. The van der Waals surface area contributed by atoms with Crippen molar-refractivity contribution in [1.29, 1.82) is 0 Å². The fraction of sp³-hybridized carbons (Fsp3) is 0.643. The summed E-state index contributed by atoms with van der Waals surface area (Å²) in [6.45, 7) is 10.7. The molecule has 0 aromatic carbocycles. The van der Waals surface area contributed by atoms with Crippen LogP contribution in [0.1, 0.15) is 42.5 Å². The van der Waals surface area contributed by atoms with Crippen LogP contribution in [-0.4, -0.2) is 32.6 Å². The predicted molar refractivity (Wildman–Crippen MR) is 77.5 cm³/mol. The van der Waals surface area contributed by atoms with Crippen LogP contribution >= 0.6 is 11.8 Å². The van der Waals surface area contributed by atoms with Gasteiger partial charge in [0.05, 0.1) is 11.9 Å². The van der Waals surface area contributed by atoms with E-state index in [1.165, 1.54) is 11.8 Å². The van der Waals surface area contributed by atoms with E-state index in [1.54, 1.807) is 6.92 Å². The molecule has 0 aliphatic carbocycles. The smallest absolute Gasteiger partial charge is 0.174 e. The topological polar surface area (TPSA) is 42.2 Å². The molecule has 0 saturated heterocycles. The van der Waals surface area contributed by atoms with Gasteiger partial charge in [0.25, 0.3) is 0 Å². The molecule has 0 fully saturated rings. The van der Waals surface area contributed by atoms with Crippen molar-refractivity contribution in [2.24, 2.45) is 0 Å². The van der Waals surface area contributed by atoms with Crippen molar-refractivity contribution in [3.05, 3.63) is 23.0 Å². The molecule has 0 aliphatic rings. The van der Waals surface area contributed by atoms with E-state index in [1.807, 2.05) is 26.8 Å². The van der Waals surface area contributed by atoms with Crippen LogP contribution < -0.4 is 0 Å². The van der Waals surface area contributed by atoms with Gasteiger partial charge in [-0.15, -0.1) is 11.8 Å². The molecule has 1 aromatic rings. The molecule has 0 bridgehead atoms. The summed E-state index contributed by atoms with van der Waals surface area (Å²) >= 11 is 1.51. The average molecular weight is 269 g/mol. The first-order chi connectivity index (χ1) is 8.38. The molecule has 18 heavy (non-hydrogen) atoms. The maximum atomic E-state index is 12.2. The second-order valence-corrected chi connectivity index (χ2v) is 6.07. The lowest BCUT2D eigenvalue weighted by molar-refractivity contribution is 0.102. The van der Waals surface area contributed by atoms with Gasteiger partial charge in [0.2, 0.25) is 0 Å². The molecule has 102 valence electrons. The number of ketones is 1. The van der Waals surface area contributed by atoms with E-state index < -0.39 is 0 Å². The van der Waals surface area contributed by atoms with Gasteiger partial charge in [-0.05, 0) is 33.8 Å². The van der Waals surface area contributed by atoms with Gasteiger partial charge in [-0.1, -0.05) is 6.92 Å². The lowest BCUT2D eigenvalue weighted by atomic mass is 10.2. The van der Waals surface area contributed by atoms with Gasteiger partial charge in [-0.25, -0.2) is 0 Å². The number of thioether (sulfide) groups is 1. The third kappa shape index (κ3) is 3.39. The van der Waals surface area contributed by atoms with E-state index >= 15 is 0 Å². The first kappa shape index (κ1) is 15.3. The Morgan fingerprint density at radius 3 is 2.50 bits per heavy atom. The molecule has 3 nitrogen and oxygen atoms in total. The zero-order chi connectivity index (χ0) is 13.9. The predicted octanol–water partition coefficient (Wildman–Crippen LogP) is 2.81. The van der Waals surface area contributed by atoms with Gasteiger partial charge in [-0.2, -0.15) is 0 Å². The van der Waals surface area contributed by atoms with Crippen LogP contribution in [0, 0.1) is 13.8 Å². The van der Waals surface area contributed by atoms with Crippen molar-refractivity contribution < 1.29 is 9.90 Å². The maximum Gasteiger partial charge on any atom is 0.174 e. The minimum absolute atomic E-state index is 0.0867. The van der Waals surface area contributed by atoms with Crippen molar-refractivity contribution in [1.82, 2.24) is 4.57 Å². The Kier molecular flexibility index (Phi) is 5.47. The van der Waals surface area contributed by atoms with Crippen molar-refractivity contribution >= 4 is 17.5 Å². The maximum absolute atomic E-state index is 12.2. The molecule has 1 N–H and O–H groups in total. The number of carbonyl (C=O) groups is 1. The molecule has 0 amide bonds. The SMILES string of the molecule is CCn1c(C)cc(C(=O)CSC(C)C(C)O)c1C. The summed E-state index contributed by atoms with van der Waals surface area (Å²) in [5.41, 5.74) is 3.00. The van der Waals surface area contributed by atoms with Crippen LogP contribution in [0.2, 0.25) is 0 Å². The summed E-state index contributed by atoms with van der Waals surface area (Å²) in [5.74, 6) is 0.584. The molecule has 0 saturated carbocycles. The average Bonchev–Trinajstić information content (AvgIpc) is 2.60. The van der Waals surface area contributed by atoms with E-state index in [2.05, 4.69) is 11.5 Å². The number of aryl methyl sites for hydroxylation is 1. The molecular weight excluding hydrogens is 246 g/mol. The monoisotopic (exact) mass is 269 g/mol. The summed E-state index contributed by atoms with van der Waals surface area (Å²) in [6.07, 6.45) is -0.383. The Bertz CT molecular complexity index is 424. The number of hydrogen-bond acceptors (Lipinski definition) is 3. The van der Waals surface area contributed by atoms with E-state index in [4.69, 9.17) is 0 Å². The van der Waals surface area contributed by atoms with Gasteiger partial charge in [-0.3, -0.25) is 4.79 Å². The number of Topliss-reactive ketones (excluding diaryl/α,β-unsaturated/α-hetero) is 1. The number of hydrogen-bond donors (Lipinski definition) is 1. The van der Waals surface area contributed by atoms with Gasteiger partial charge in [0.1, 0.15) is 0 Å². The quantitative estimate of drug-likeness (QED) is 0.808. The van der Waals surface area contributed by atoms with Crippen LogP contribution in [0.15, 0.2) is 6.07 Å². The number of nitrogens with zero attached hydrogens (tertiary/aromatic N) is 1. The Morgan fingerprint density at radius 2 is 2.06 bits per heavy atom. The molecule has 1 rings (SSSR count). The first-order valence-corrected chi connectivity index (χ1v) is 7.42. The highest BCUT2D eigenvalue weighted by molar-refractivity contribution is 8.00. The van der Waals surface area contributed by atoms with Crippen LogP contribution in [-0.2, 0) is 6.54 Å². The Hall–Kier alpha value is -0.740. The van der Waals surface area contributed by atoms with Gasteiger partial charge in [0.15, 0.2) is 5.78 Å². The van der Waals surface area contributed by atoms with Crippen LogP contribution in [0.25, 0.3) is 0 Å². The Morgan fingerprint density at radius 1 is 1.44 bits per heavy atom. The molecular formula is C14H23NO2S. The second-order valence-electron chi connectivity index (χ2n) is 4.71. The highest BCUT2D eigenvalue weighted by Gasteiger charge is 2.17. The summed E-state index contributed by atoms with van der Waals surface area (Å²) in [7, 11) is 0. The van der Waals surface area contributed by atoms with E-state index in [-0.39, 0.29) is 17.1 Å². The van der Waals surface area contributed by atoms with E-state index in [0.29, 0.717) is 5.75 Å². The molecule has 4 heteroatoms. The molecule has 0 aliphatic heterocycles. The summed E-state index contributed by atoms with van der Waals surface area (Å²) < 4.78 is 2.15. The fourth-order valence-corrected chi connectivity index (χ4v) is 2.84. The lowest BCUT2D eigenvalue weighted by Crippen LogP contribution is -2.17. The molecule has 0 radical (unpaired) electrons. The fourth-order valence-electron chi connectivity index (χ4n) is 1.99. The highest BCUT2D eigenvalue weighted by atomic mass is 32.2. The number of rotatable bonds is 6. The van der Waals surface area contributed by atoms with Crippen molar-refractivity contribution in [2.45, 2.75) is 52.5 Å². The zero-order valence-electron chi connectivity index (χ0n) is 11.9. The normalized spacial score (nSPS) is 14.6. The Labute approximate surface area is 114 Å². The molecule has 1 aromatic heterocycles. The summed E-state index contributed by atoms with van der Waals surface area (Å²) in [6, 6.07) is 1.97. The van der Waals surface area contributed by atoms with Crippen LogP contribution in [0.3, 0.4) is 0 Å². The third-order valence-corrected chi connectivity index (χ3v) is 4.70. The molecule has 2 unspecified atom stereocenters. The number of aromatic nitrogens is 1. The Balaban J connectivity index is 2.73.